The lowest BCUT2D eigenvalue weighted by Crippen LogP contribution is -2.49. The molecule has 0 aliphatic carbocycles. The summed E-state index contributed by atoms with van der Waals surface area (Å²) in [5, 5.41) is 2.83. The predicted octanol–water partition coefficient (Wildman–Crippen LogP) is 5.06. The molecule has 0 aromatic heterocycles. The van der Waals surface area contributed by atoms with Gasteiger partial charge in [0.05, 0.1) is 7.11 Å². The molecule has 3 amide bonds. The molecular formula is C25H23F2N3O3. The zero-order valence-electron chi connectivity index (χ0n) is 18.1. The average molecular weight is 451 g/mol. The SMILES string of the molecule is COc1ccc(C(=O)Nc2ccc(N3CCCN(Cc4ccc(F)c(F)c4)C3=O)cc2)cc1. The molecule has 0 atom stereocenters. The van der Waals surface area contributed by atoms with Crippen molar-refractivity contribution in [1.29, 1.82) is 0 Å². The van der Waals surface area contributed by atoms with Crippen molar-refractivity contribution in [2.45, 2.75) is 13.0 Å². The molecule has 3 aromatic rings. The van der Waals surface area contributed by atoms with Gasteiger partial charge in [-0.15, -0.1) is 0 Å². The van der Waals surface area contributed by atoms with Crippen LogP contribution in [0.3, 0.4) is 0 Å². The Morgan fingerprint density at radius 2 is 1.70 bits per heavy atom. The van der Waals surface area contributed by atoms with Gasteiger partial charge in [-0.25, -0.2) is 13.6 Å². The zero-order chi connectivity index (χ0) is 23.4. The van der Waals surface area contributed by atoms with Crippen LogP contribution in [0, 0.1) is 11.6 Å². The monoisotopic (exact) mass is 451 g/mol. The van der Waals surface area contributed by atoms with Crippen molar-refractivity contribution in [3.05, 3.63) is 89.5 Å². The van der Waals surface area contributed by atoms with E-state index in [0.717, 1.165) is 18.6 Å². The number of hydrogen-bond acceptors (Lipinski definition) is 3. The summed E-state index contributed by atoms with van der Waals surface area (Å²) in [7, 11) is 1.56. The Labute approximate surface area is 190 Å². The molecule has 1 heterocycles. The number of rotatable bonds is 6. The summed E-state index contributed by atoms with van der Waals surface area (Å²) in [5.41, 5.74) is 2.32. The quantitative estimate of drug-likeness (QED) is 0.570. The molecule has 1 aliphatic heterocycles. The van der Waals surface area contributed by atoms with Crippen LogP contribution in [0.5, 0.6) is 5.75 Å². The van der Waals surface area contributed by atoms with Gasteiger partial charge in [-0.3, -0.25) is 9.69 Å². The lowest BCUT2D eigenvalue weighted by Gasteiger charge is -2.35. The predicted molar refractivity (Wildman–Crippen MR) is 122 cm³/mol. The molecule has 3 aromatic carbocycles. The summed E-state index contributed by atoms with van der Waals surface area (Å²) in [4.78, 5) is 28.7. The van der Waals surface area contributed by atoms with Gasteiger partial charge in [-0.1, -0.05) is 6.07 Å². The number of hydrogen-bond donors (Lipinski definition) is 1. The van der Waals surface area contributed by atoms with Crippen molar-refractivity contribution < 1.29 is 23.1 Å². The minimum atomic E-state index is -0.930. The van der Waals surface area contributed by atoms with Crippen LogP contribution < -0.4 is 15.0 Å². The van der Waals surface area contributed by atoms with Crippen LogP contribution in [0.2, 0.25) is 0 Å². The summed E-state index contributed by atoms with van der Waals surface area (Å²) in [5.74, 6) is -1.43. The highest BCUT2D eigenvalue weighted by molar-refractivity contribution is 6.04. The van der Waals surface area contributed by atoms with Gasteiger partial charge in [0.25, 0.3) is 5.91 Å². The summed E-state index contributed by atoms with van der Waals surface area (Å²) in [6.45, 7) is 1.28. The fourth-order valence-electron chi connectivity index (χ4n) is 3.70. The second-order valence-corrected chi connectivity index (χ2v) is 7.69. The van der Waals surface area contributed by atoms with Crippen LogP contribution in [-0.4, -0.2) is 37.0 Å². The maximum atomic E-state index is 13.5. The third-order valence-corrected chi connectivity index (χ3v) is 5.46. The molecule has 1 saturated heterocycles. The Balaban J connectivity index is 1.41. The first-order valence-electron chi connectivity index (χ1n) is 10.5. The fraction of sp³-hybridized carbons (Fsp3) is 0.200. The number of nitrogens with one attached hydrogen (secondary N) is 1. The molecule has 33 heavy (non-hydrogen) atoms. The van der Waals surface area contributed by atoms with Crippen LogP contribution in [0.1, 0.15) is 22.3 Å². The summed E-state index contributed by atoms with van der Waals surface area (Å²) in [6, 6.07) is 17.2. The molecule has 0 spiro atoms. The molecule has 0 saturated carbocycles. The first-order chi connectivity index (χ1) is 15.9. The van der Waals surface area contributed by atoms with Crippen LogP contribution in [-0.2, 0) is 6.54 Å². The molecule has 0 unspecified atom stereocenters. The van der Waals surface area contributed by atoms with E-state index in [1.54, 1.807) is 65.4 Å². The number of carbonyl (C=O) groups excluding carboxylic acids is 2. The molecule has 0 bridgehead atoms. The van der Waals surface area contributed by atoms with E-state index in [4.69, 9.17) is 4.74 Å². The van der Waals surface area contributed by atoms with E-state index in [1.165, 1.54) is 6.07 Å². The van der Waals surface area contributed by atoms with E-state index in [2.05, 4.69) is 5.32 Å². The molecule has 1 N–H and O–H groups in total. The Hall–Kier alpha value is -3.94. The number of nitrogens with zero attached hydrogens (tertiary/aromatic N) is 2. The third-order valence-electron chi connectivity index (χ3n) is 5.46. The fourth-order valence-corrected chi connectivity index (χ4v) is 3.70. The van der Waals surface area contributed by atoms with E-state index in [0.29, 0.717) is 41.3 Å². The summed E-state index contributed by atoms with van der Waals surface area (Å²) < 4.78 is 31.8. The van der Waals surface area contributed by atoms with E-state index in [9.17, 15) is 18.4 Å². The van der Waals surface area contributed by atoms with Crippen molar-refractivity contribution in [3.63, 3.8) is 0 Å². The van der Waals surface area contributed by atoms with Crippen LogP contribution in [0.4, 0.5) is 25.0 Å². The van der Waals surface area contributed by atoms with Gasteiger partial charge in [0.15, 0.2) is 11.6 Å². The number of methoxy groups -OCH3 is 1. The van der Waals surface area contributed by atoms with Crippen molar-refractivity contribution in [2.75, 3.05) is 30.4 Å². The Bertz CT molecular complexity index is 1150. The lowest BCUT2D eigenvalue weighted by molar-refractivity contribution is 0.102. The van der Waals surface area contributed by atoms with Crippen LogP contribution in [0.15, 0.2) is 66.7 Å². The van der Waals surface area contributed by atoms with Gasteiger partial charge >= 0.3 is 6.03 Å². The number of ether oxygens (including phenoxy) is 1. The molecule has 170 valence electrons. The van der Waals surface area contributed by atoms with Gasteiger partial charge in [0.2, 0.25) is 0 Å². The van der Waals surface area contributed by atoms with Crippen molar-refractivity contribution in [2.24, 2.45) is 0 Å². The van der Waals surface area contributed by atoms with Gasteiger partial charge in [0, 0.05) is 36.6 Å². The standard InChI is InChI=1S/C25H23F2N3O3/c1-33-21-10-4-18(5-11-21)24(31)28-19-6-8-20(9-7-19)30-14-2-13-29(25(30)32)16-17-3-12-22(26)23(27)15-17/h3-12,15H,2,13-14,16H2,1H3,(H,28,31). The second kappa shape index (κ2) is 9.68. The normalized spacial score (nSPS) is 13.7. The molecule has 6 nitrogen and oxygen atoms in total. The van der Waals surface area contributed by atoms with E-state index >= 15 is 0 Å². The highest BCUT2D eigenvalue weighted by Crippen LogP contribution is 2.24. The topological polar surface area (TPSA) is 61.9 Å². The highest BCUT2D eigenvalue weighted by atomic mass is 19.2. The number of amides is 3. The maximum absolute atomic E-state index is 13.5. The molecule has 1 aliphatic rings. The number of urea groups is 1. The van der Waals surface area contributed by atoms with Crippen LogP contribution in [0.25, 0.3) is 0 Å². The van der Waals surface area contributed by atoms with Gasteiger partial charge in [-0.05, 0) is 72.6 Å². The zero-order valence-corrected chi connectivity index (χ0v) is 18.1. The maximum Gasteiger partial charge on any atom is 0.324 e. The number of halogens is 2. The number of anilines is 2. The summed E-state index contributed by atoms with van der Waals surface area (Å²) in [6.07, 6.45) is 0.741. The highest BCUT2D eigenvalue weighted by Gasteiger charge is 2.27. The number of carbonyl (C=O) groups is 2. The first-order valence-corrected chi connectivity index (χ1v) is 10.5. The summed E-state index contributed by atoms with van der Waals surface area (Å²) >= 11 is 0. The Morgan fingerprint density at radius 3 is 2.36 bits per heavy atom. The van der Waals surface area contributed by atoms with Gasteiger partial charge in [-0.2, -0.15) is 0 Å². The molecule has 1 fully saturated rings. The molecule has 4 rings (SSSR count). The van der Waals surface area contributed by atoms with Gasteiger partial charge < -0.3 is 15.0 Å². The van der Waals surface area contributed by atoms with Crippen molar-refractivity contribution >= 4 is 23.3 Å². The van der Waals surface area contributed by atoms with Crippen LogP contribution >= 0.6 is 0 Å². The number of benzene rings is 3. The first kappa shape index (κ1) is 22.3. The molecular weight excluding hydrogens is 428 g/mol. The van der Waals surface area contributed by atoms with Gasteiger partial charge in [0.1, 0.15) is 5.75 Å². The second-order valence-electron chi connectivity index (χ2n) is 7.69. The molecule has 0 radical (unpaired) electrons. The van der Waals surface area contributed by atoms with E-state index in [-0.39, 0.29) is 18.5 Å². The minimum Gasteiger partial charge on any atom is -0.497 e. The average Bonchev–Trinajstić information content (AvgIpc) is 2.83. The van der Waals surface area contributed by atoms with E-state index < -0.39 is 11.6 Å². The molecule has 8 heteroatoms. The largest absolute Gasteiger partial charge is 0.497 e. The smallest absolute Gasteiger partial charge is 0.324 e. The van der Waals surface area contributed by atoms with Crippen molar-refractivity contribution in [1.82, 2.24) is 4.90 Å². The van der Waals surface area contributed by atoms with Crippen molar-refractivity contribution in [3.8, 4) is 5.75 Å². The van der Waals surface area contributed by atoms with E-state index in [1.807, 2.05) is 0 Å². The minimum absolute atomic E-state index is 0.197. The Morgan fingerprint density at radius 1 is 0.970 bits per heavy atom. The third kappa shape index (κ3) is 5.11. The Kier molecular flexibility index (Phi) is 6.53. The lowest BCUT2D eigenvalue weighted by atomic mass is 10.1.